The molecule has 0 aliphatic heterocycles. The summed E-state index contributed by atoms with van der Waals surface area (Å²) in [5.41, 5.74) is 0.796. The van der Waals surface area contributed by atoms with Crippen LogP contribution >= 0.6 is 0 Å². The van der Waals surface area contributed by atoms with E-state index in [0.29, 0.717) is 6.42 Å². The second-order valence-corrected chi connectivity index (χ2v) is 8.63. The monoisotopic (exact) mass is 451 g/mol. The Hall–Kier alpha value is -3.18. The number of benzene rings is 1. The smallest absolute Gasteiger partial charge is 0.329 e. The van der Waals surface area contributed by atoms with Gasteiger partial charge < -0.3 is 19.8 Å². The second kappa shape index (κ2) is 10.7. The van der Waals surface area contributed by atoms with Crippen LogP contribution in [0.15, 0.2) is 52.0 Å². The fourth-order valence-electron chi connectivity index (χ4n) is 2.59. The summed E-state index contributed by atoms with van der Waals surface area (Å²) in [6.07, 6.45) is 1.79. The molecule has 31 heavy (non-hydrogen) atoms. The Kier molecular flexibility index (Phi) is 8.34. The number of nitrogens with two attached hydrogens (primary N) is 1. The van der Waals surface area contributed by atoms with E-state index in [2.05, 4.69) is 10.6 Å². The lowest BCUT2D eigenvalue weighted by Crippen LogP contribution is -2.46. The van der Waals surface area contributed by atoms with E-state index in [1.807, 2.05) is 0 Å². The Morgan fingerprint density at radius 3 is 2.35 bits per heavy atom. The van der Waals surface area contributed by atoms with Crippen molar-refractivity contribution in [1.82, 2.24) is 10.6 Å². The lowest BCUT2D eigenvalue weighted by atomic mass is 10.0. The van der Waals surface area contributed by atoms with Gasteiger partial charge in [0, 0.05) is 6.54 Å². The molecule has 2 aromatic rings. The van der Waals surface area contributed by atoms with E-state index in [0.717, 1.165) is 5.56 Å². The average molecular weight is 452 g/mol. The minimum atomic E-state index is -3.75. The van der Waals surface area contributed by atoms with Crippen molar-refractivity contribution in [2.24, 2.45) is 11.1 Å². The van der Waals surface area contributed by atoms with Crippen molar-refractivity contribution in [3.63, 3.8) is 0 Å². The SMILES string of the molecule is CC(C)[C@H](NC(=O)c1ccco1)C(=O)OCC(=O)NCCc1ccc(S(N)(=O)=O)cc1. The van der Waals surface area contributed by atoms with Crippen LogP contribution in [0.1, 0.15) is 30.0 Å². The Bertz CT molecular complexity index is 1000. The largest absolute Gasteiger partial charge is 0.459 e. The summed E-state index contributed by atoms with van der Waals surface area (Å²) in [6.45, 7) is 3.22. The van der Waals surface area contributed by atoms with Crippen molar-refractivity contribution < 1.29 is 32.0 Å². The van der Waals surface area contributed by atoms with Crippen LogP contribution in [0.25, 0.3) is 0 Å². The second-order valence-electron chi connectivity index (χ2n) is 7.07. The van der Waals surface area contributed by atoms with Crippen molar-refractivity contribution in [2.45, 2.75) is 31.2 Å². The summed E-state index contributed by atoms with van der Waals surface area (Å²) in [4.78, 5) is 36.3. The van der Waals surface area contributed by atoms with Crippen molar-refractivity contribution in [3.8, 4) is 0 Å². The van der Waals surface area contributed by atoms with Crippen molar-refractivity contribution in [3.05, 3.63) is 54.0 Å². The third-order valence-electron chi connectivity index (χ3n) is 4.29. The number of furan rings is 1. The van der Waals surface area contributed by atoms with Gasteiger partial charge in [0.2, 0.25) is 10.0 Å². The summed E-state index contributed by atoms with van der Waals surface area (Å²) < 4.78 is 32.5. The molecule has 1 atom stereocenters. The first kappa shape index (κ1) is 24.1. The van der Waals surface area contributed by atoms with E-state index in [4.69, 9.17) is 14.3 Å². The summed E-state index contributed by atoms with van der Waals surface area (Å²) in [5.74, 6) is -2.00. The molecule has 0 saturated carbocycles. The number of esters is 1. The molecular formula is C20H25N3O7S. The third kappa shape index (κ3) is 7.54. The first-order chi connectivity index (χ1) is 14.6. The highest BCUT2D eigenvalue weighted by molar-refractivity contribution is 7.89. The molecule has 0 radical (unpaired) electrons. The quantitative estimate of drug-likeness (QED) is 0.446. The van der Waals surface area contributed by atoms with E-state index in [-0.39, 0.29) is 23.1 Å². The number of nitrogens with one attached hydrogen (secondary N) is 2. The standard InChI is InChI=1S/C20H25N3O7S/c1-13(2)18(23-19(25)16-4-3-11-29-16)20(26)30-12-17(24)22-10-9-14-5-7-15(8-6-14)31(21,27)28/h3-8,11,13,18H,9-10,12H2,1-2H3,(H,22,24)(H,23,25)(H2,21,27,28)/t18-/m0/s1. The van der Waals surface area contributed by atoms with E-state index in [1.165, 1.54) is 24.5 Å². The molecule has 4 N–H and O–H groups in total. The predicted molar refractivity (Wildman–Crippen MR) is 110 cm³/mol. The van der Waals surface area contributed by atoms with Crippen LogP contribution in [-0.2, 0) is 30.8 Å². The maximum atomic E-state index is 12.3. The zero-order valence-corrected chi connectivity index (χ0v) is 18.0. The molecule has 168 valence electrons. The maximum Gasteiger partial charge on any atom is 0.329 e. The van der Waals surface area contributed by atoms with Crippen LogP contribution in [-0.4, -0.2) is 45.4 Å². The van der Waals surface area contributed by atoms with Crippen LogP contribution in [0.5, 0.6) is 0 Å². The molecule has 10 nitrogen and oxygen atoms in total. The minimum Gasteiger partial charge on any atom is -0.459 e. The molecule has 0 unspecified atom stereocenters. The van der Waals surface area contributed by atoms with Crippen molar-refractivity contribution in [2.75, 3.05) is 13.2 Å². The van der Waals surface area contributed by atoms with Gasteiger partial charge in [0.15, 0.2) is 12.4 Å². The summed E-state index contributed by atoms with van der Waals surface area (Å²) in [6, 6.07) is 8.05. The number of ether oxygens (including phenoxy) is 1. The fourth-order valence-corrected chi connectivity index (χ4v) is 3.10. The molecule has 11 heteroatoms. The zero-order chi connectivity index (χ0) is 23.0. The number of hydrogen-bond donors (Lipinski definition) is 3. The number of sulfonamides is 1. The van der Waals surface area contributed by atoms with E-state index >= 15 is 0 Å². The van der Waals surface area contributed by atoms with Gasteiger partial charge in [-0.05, 0) is 42.2 Å². The normalized spacial score (nSPS) is 12.3. The molecule has 1 aromatic carbocycles. The molecule has 2 rings (SSSR count). The van der Waals surface area contributed by atoms with Crippen LogP contribution in [0.4, 0.5) is 0 Å². The van der Waals surface area contributed by atoms with Gasteiger partial charge in [-0.1, -0.05) is 26.0 Å². The molecule has 2 amide bonds. The van der Waals surface area contributed by atoms with E-state index in [1.54, 1.807) is 32.0 Å². The number of amides is 2. The molecule has 0 aliphatic rings. The number of carbonyl (C=O) groups is 3. The third-order valence-corrected chi connectivity index (χ3v) is 5.21. The van der Waals surface area contributed by atoms with E-state index in [9.17, 15) is 22.8 Å². The van der Waals surface area contributed by atoms with Gasteiger partial charge in [-0.2, -0.15) is 0 Å². The molecule has 0 saturated heterocycles. The van der Waals surface area contributed by atoms with Gasteiger partial charge in [0.05, 0.1) is 11.2 Å². The Morgan fingerprint density at radius 2 is 1.81 bits per heavy atom. The first-order valence-electron chi connectivity index (χ1n) is 9.47. The van der Waals surface area contributed by atoms with Crippen molar-refractivity contribution in [1.29, 1.82) is 0 Å². The van der Waals surface area contributed by atoms with Gasteiger partial charge in [-0.3, -0.25) is 9.59 Å². The summed E-state index contributed by atoms with van der Waals surface area (Å²) in [5, 5.41) is 10.2. The summed E-state index contributed by atoms with van der Waals surface area (Å²) >= 11 is 0. The lowest BCUT2D eigenvalue weighted by Gasteiger charge is -2.20. The molecule has 0 bridgehead atoms. The average Bonchev–Trinajstić information content (AvgIpc) is 3.24. The molecule has 0 spiro atoms. The lowest BCUT2D eigenvalue weighted by molar-refractivity contribution is -0.151. The van der Waals surface area contributed by atoms with Crippen LogP contribution < -0.4 is 15.8 Å². The topological polar surface area (TPSA) is 158 Å². The number of rotatable bonds is 10. The first-order valence-corrected chi connectivity index (χ1v) is 11.0. The zero-order valence-electron chi connectivity index (χ0n) is 17.2. The van der Waals surface area contributed by atoms with Gasteiger partial charge in [0.1, 0.15) is 6.04 Å². The highest BCUT2D eigenvalue weighted by Gasteiger charge is 2.27. The minimum absolute atomic E-state index is 0.00560. The van der Waals surface area contributed by atoms with Crippen LogP contribution in [0, 0.1) is 5.92 Å². The molecular weight excluding hydrogens is 426 g/mol. The number of carbonyl (C=O) groups excluding carboxylic acids is 3. The summed E-state index contributed by atoms with van der Waals surface area (Å²) in [7, 11) is -3.75. The number of hydrogen-bond acceptors (Lipinski definition) is 7. The molecule has 1 heterocycles. The van der Waals surface area contributed by atoms with Gasteiger partial charge in [-0.25, -0.2) is 18.4 Å². The fraction of sp³-hybridized carbons (Fsp3) is 0.350. The Morgan fingerprint density at radius 1 is 1.13 bits per heavy atom. The van der Waals surface area contributed by atoms with Gasteiger partial charge in [0.25, 0.3) is 11.8 Å². The Labute approximate surface area is 180 Å². The Balaban J connectivity index is 1.77. The predicted octanol–water partition coefficient (Wildman–Crippen LogP) is 0.584. The highest BCUT2D eigenvalue weighted by atomic mass is 32.2. The highest BCUT2D eigenvalue weighted by Crippen LogP contribution is 2.09. The molecule has 0 fully saturated rings. The number of primary sulfonamides is 1. The van der Waals surface area contributed by atoms with Crippen LogP contribution in [0.2, 0.25) is 0 Å². The molecule has 1 aromatic heterocycles. The van der Waals surface area contributed by atoms with Gasteiger partial charge >= 0.3 is 5.97 Å². The van der Waals surface area contributed by atoms with Crippen molar-refractivity contribution >= 4 is 27.8 Å². The van der Waals surface area contributed by atoms with E-state index < -0.39 is 40.5 Å². The maximum absolute atomic E-state index is 12.3. The van der Waals surface area contributed by atoms with Crippen LogP contribution in [0.3, 0.4) is 0 Å². The molecule has 0 aliphatic carbocycles. The van der Waals surface area contributed by atoms with Gasteiger partial charge in [-0.15, -0.1) is 0 Å².